The molecule has 0 saturated carbocycles. The van der Waals surface area contributed by atoms with Gasteiger partial charge >= 0.3 is 7.12 Å². The van der Waals surface area contributed by atoms with E-state index in [1.807, 2.05) is 24.3 Å². The predicted molar refractivity (Wildman–Crippen MR) is 293 cm³/mol. The fourth-order valence-corrected chi connectivity index (χ4v) is 11.1. The van der Waals surface area contributed by atoms with Crippen LogP contribution < -0.4 is 5.46 Å². The minimum absolute atomic E-state index is 0. The molecule has 4 aromatic heterocycles. The number of hydrogen-bond donors (Lipinski definition) is 2. The van der Waals surface area contributed by atoms with Gasteiger partial charge < -0.3 is 18.8 Å². The molecule has 0 unspecified atom stereocenters. The summed E-state index contributed by atoms with van der Waals surface area (Å²) in [6.07, 6.45) is 0. The molecule has 70 heavy (non-hydrogen) atoms. The fraction of sp³-hybridized carbons (Fsp3) is 0.0345. The molecule has 0 fully saturated rings. The molecule has 0 radical (unpaired) electrons. The average molecular weight is 982 g/mol. The minimum Gasteiger partial charge on any atom is -0.423 e. The quantitative estimate of drug-likeness (QED) is 0.102. The maximum absolute atomic E-state index is 11.8. The van der Waals surface area contributed by atoms with E-state index in [0.29, 0.717) is 5.56 Å². The number of hydrogen-bond acceptors (Lipinski definition) is 6. The summed E-state index contributed by atoms with van der Waals surface area (Å²) in [4.78, 5) is 21.2. The summed E-state index contributed by atoms with van der Waals surface area (Å²) in [6.45, 7) is 0. The van der Waals surface area contributed by atoms with Crippen molar-refractivity contribution in [2.45, 2.75) is 14.9 Å². The summed E-state index contributed by atoms with van der Waals surface area (Å²) in [6, 6.07) is 64.0. The molecular formula is C58H42BBrN4O6. The number of aromatic nitrogens is 2. The van der Waals surface area contributed by atoms with Crippen molar-refractivity contribution in [3.63, 3.8) is 0 Å². The Hall–Kier alpha value is -8.42. The summed E-state index contributed by atoms with van der Waals surface area (Å²) >= 11 is 3.78. The summed E-state index contributed by atoms with van der Waals surface area (Å²) in [5.74, 6) is 0. The van der Waals surface area contributed by atoms with Crippen molar-refractivity contribution >= 4 is 138 Å². The molecule has 14 rings (SSSR count). The molecule has 2 N–H and O–H groups in total. The van der Waals surface area contributed by atoms with Gasteiger partial charge in [-0.15, -0.1) is 0 Å². The lowest BCUT2D eigenvalue weighted by atomic mass is 9.79. The van der Waals surface area contributed by atoms with Crippen LogP contribution in [-0.2, 0) is 0 Å². The zero-order valence-corrected chi connectivity index (χ0v) is 37.3. The smallest absolute Gasteiger partial charge is 0.423 e. The van der Waals surface area contributed by atoms with Crippen molar-refractivity contribution < 1.29 is 19.9 Å². The number of halogens is 1. The van der Waals surface area contributed by atoms with Gasteiger partial charge in [0.05, 0.1) is 54.0 Å². The predicted octanol–water partition coefficient (Wildman–Crippen LogP) is 14.9. The van der Waals surface area contributed by atoms with Gasteiger partial charge in [0.15, 0.2) is 0 Å². The molecule has 0 atom stereocenters. The van der Waals surface area contributed by atoms with Crippen molar-refractivity contribution in [1.82, 2.24) is 8.80 Å². The van der Waals surface area contributed by atoms with E-state index in [0.717, 1.165) is 31.8 Å². The van der Waals surface area contributed by atoms with Crippen LogP contribution in [0.4, 0.5) is 11.4 Å². The number of fused-ring (bicyclic) bond motifs is 16. The first-order chi connectivity index (χ1) is 33.2. The van der Waals surface area contributed by atoms with Crippen LogP contribution in [0.1, 0.15) is 14.9 Å². The van der Waals surface area contributed by atoms with Crippen molar-refractivity contribution in [3.8, 4) is 11.1 Å². The first kappa shape index (κ1) is 45.4. The minimum atomic E-state index is -1.80. The number of nitro benzene ring substituents is 2. The lowest BCUT2D eigenvalue weighted by Gasteiger charge is -2.10. The molecule has 340 valence electrons. The molecule has 0 saturated heterocycles. The topological polar surface area (TPSA) is 136 Å². The standard InChI is InChI=1S/C28H16N2O2.C22H12BrN.C6H6BNO4.2CH4/c31-30(32)25-15-6-4-10-19(25)23-16-26-27(20-11-2-1-8-17(20)23)22-13-7-12-21-18-9-3-5-14-24(18)29(26)28(21)22;23-18-12-20-21(15-8-2-1-6-13(15)18)17-10-5-9-16-14-7-3-4-11-19(14)24(20)22(16)17;9-7(10)5-3-1-2-4-6(5)8(11)12;;/h1-16H;1-12H;1-4,9-10H;2*1H4. The number of nitro groups is 2. The second-order valence-electron chi connectivity index (χ2n) is 16.7. The van der Waals surface area contributed by atoms with Crippen molar-refractivity contribution in [2.24, 2.45) is 0 Å². The second-order valence-corrected chi connectivity index (χ2v) is 17.6. The van der Waals surface area contributed by atoms with Crippen LogP contribution in [0.25, 0.3) is 109 Å². The van der Waals surface area contributed by atoms with E-state index in [1.54, 1.807) is 12.1 Å². The van der Waals surface area contributed by atoms with E-state index < -0.39 is 12.0 Å². The van der Waals surface area contributed by atoms with E-state index >= 15 is 0 Å². The van der Waals surface area contributed by atoms with Gasteiger partial charge in [0.2, 0.25) is 0 Å². The first-order valence-corrected chi connectivity index (χ1v) is 22.7. The highest BCUT2D eigenvalue weighted by atomic mass is 79.9. The van der Waals surface area contributed by atoms with Crippen molar-refractivity contribution in [1.29, 1.82) is 0 Å². The highest BCUT2D eigenvalue weighted by Gasteiger charge is 2.25. The van der Waals surface area contributed by atoms with Gasteiger partial charge in [0.1, 0.15) is 0 Å². The highest BCUT2D eigenvalue weighted by molar-refractivity contribution is 9.10. The van der Waals surface area contributed by atoms with Gasteiger partial charge in [-0.3, -0.25) is 20.2 Å². The summed E-state index contributed by atoms with van der Waals surface area (Å²) in [7, 11) is -1.80. The van der Waals surface area contributed by atoms with E-state index in [1.165, 1.54) is 100 Å². The van der Waals surface area contributed by atoms with Crippen molar-refractivity contribution in [3.05, 3.63) is 219 Å². The zero-order valence-electron chi connectivity index (χ0n) is 35.7. The van der Waals surface area contributed by atoms with Gasteiger partial charge in [0, 0.05) is 59.7 Å². The zero-order chi connectivity index (χ0) is 46.4. The lowest BCUT2D eigenvalue weighted by molar-refractivity contribution is -0.384. The molecule has 0 aliphatic rings. The summed E-state index contributed by atoms with van der Waals surface area (Å²) in [5.41, 5.74) is 8.57. The maximum atomic E-state index is 11.8. The maximum Gasteiger partial charge on any atom is 0.495 e. The van der Waals surface area contributed by atoms with Gasteiger partial charge in [-0.25, -0.2) is 0 Å². The van der Waals surface area contributed by atoms with Crippen molar-refractivity contribution in [2.75, 3.05) is 0 Å². The monoisotopic (exact) mass is 980 g/mol. The van der Waals surface area contributed by atoms with E-state index in [4.69, 9.17) is 10.0 Å². The molecule has 10 nitrogen and oxygen atoms in total. The third-order valence-corrected chi connectivity index (χ3v) is 13.9. The number of para-hydroxylation sites is 6. The molecule has 4 heterocycles. The number of nitrogens with zero attached hydrogens (tertiary/aromatic N) is 4. The van der Waals surface area contributed by atoms with Crippen LogP contribution in [-0.4, -0.2) is 35.8 Å². The molecule has 0 aliphatic carbocycles. The largest absolute Gasteiger partial charge is 0.495 e. The summed E-state index contributed by atoms with van der Waals surface area (Å²) in [5, 5.41) is 54.4. The molecule has 0 amide bonds. The Morgan fingerprint density at radius 3 is 1.33 bits per heavy atom. The average Bonchev–Trinajstić information content (AvgIpc) is 4.11. The Bertz CT molecular complexity index is 4350. The third kappa shape index (κ3) is 6.79. The molecule has 14 aromatic rings. The van der Waals surface area contributed by atoms with Crippen LogP contribution in [0.5, 0.6) is 0 Å². The van der Waals surface area contributed by atoms with Gasteiger partial charge in [-0.05, 0) is 57.4 Å². The van der Waals surface area contributed by atoms with Crippen LogP contribution in [0.15, 0.2) is 199 Å². The Labute approximate surface area is 409 Å². The highest BCUT2D eigenvalue weighted by Crippen LogP contribution is 2.46. The third-order valence-electron chi connectivity index (χ3n) is 13.2. The first-order valence-electron chi connectivity index (χ1n) is 21.9. The van der Waals surface area contributed by atoms with Gasteiger partial charge in [-0.2, -0.15) is 0 Å². The van der Waals surface area contributed by atoms with E-state index in [2.05, 4.69) is 158 Å². The fourth-order valence-electron chi connectivity index (χ4n) is 10.5. The van der Waals surface area contributed by atoms with Crippen LogP contribution in [0.2, 0.25) is 0 Å². The number of benzene rings is 10. The molecule has 0 spiro atoms. The molecule has 0 aliphatic heterocycles. The van der Waals surface area contributed by atoms with Gasteiger partial charge in [0.25, 0.3) is 11.4 Å². The van der Waals surface area contributed by atoms with Gasteiger partial charge in [-0.1, -0.05) is 182 Å². The van der Waals surface area contributed by atoms with Crippen LogP contribution in [0, 0.1) is 20.2 Å². The SMILES string of the molecule is Brc1cc2c(c3ccccc13)c1cccc3c4ccccc4n2c31.C.C.O=[N+]([O-])c1ccccc1-c1cc2c(c3ccccc13)c1cccc3c4ccccc4n2c31.O=[N+]([O-])c1ccccc1B(O)O. The lowest BCUT2D eigenvalue weighted by Crippen LogP contribution is -2.31. The molecule has 10 aromatic carbocycles. The summed E-state index contributed by atoms with van der Waals surface area (Å²) < 4.78 is 5.89. The second kappa shape index (κ2) is 17.6. The Kier molecular flexibility index (Phi) is 11.4. The van der Waals surface area contributed by atoms with E-state index in [9.17, 15) is 20.2 Å². The normalized spacial score (nSPS) is 11.4. The Morgan fingerprint density at radius 1 is 0.400 bits per heavy atom. The molecule has 12 heteroatoms. The molecule has 0 bridgehead atoms. The van der Waals surface area contributed by atoms with Crippen LogP contribution in [0.3, 0.4) is 0 Å². The number of rotatable bonds is 4. The Morgan fingerprint density at radius 2 is 0.800 bits per heavy atom. The Balaban J connectivity index is 0.000000132. The van der Waals surface area contributed by atoms with E-state index in [-0.39, 0.29) is 36.6 Å². The van der Waals surface area contributed by atoms with Crippen LogP contribution >= 0.6 is 15.9 Å². The molecular weight excluding hydrogens is 939 g/mol.